The SMILES string of the molecule is COC(=O)CCCNC(=O)C[NH+]1CC[NH+](Cc2ccccc2C)CC1. The van der Waals surface area contributed by atoms with Gasteiger partial charge in [0.05, 0.1) is 7.11 Å². The molecule has 25 heavy (non-hydrogen) atoms. The van der Waals surface area contributed by atoms with Crippen LogP contribution in [0.15, 0.2) is 24.3 Å². The Bertz CT molecular complexity index is 569. The molecule has 0 aliphatic carbocycles. The third-order valence-electron chi connectivity index (χ3n) is 4.88. The lowest BCUT2D eigenvalue weighted by molar-refractivity contribution is -1.02. The number of ether oxygens (including phenoxy) is 1. The van der Waals surface area contributed by atoms with Crippen molar-refractivity contribution in [3.05, 3.63) is 35.4 Å². The summed E-state index contributed by atoms with van der Waals surface area (Å²) in [5.74, 6) is -0.158. The van der Waals surface area contributed by atoms with Gasteiger partial charge in [-0.3, -0.25) is 9.59 Å². The summed E-state index contributed by atoms with van der Waals surface area (Å²) in [6.45, 7) is 8.54. The molecule has 1 aromatic rings. The van der Waals surface area contributed by atoms with Crippen molar-refractivity contribution in [2.24, 2.45) is 0 Å². The molecule has 138 valence electrons. The van der Waals surface area contributed by atoms with Crippen molar-refractivity contribution in [1.82, 2.24) is 5.32 Å². The van der Waals surface area contributed by atoms with Crippen LogP contribution in [-0.2, 0) is 20.9 Å². The van der Waals surface area contributed by atoms with Crippen LogP contribution >= 0.6 is 0 Å². The van der Waals surface area contributed by atoms with E-state index in [0.29, 0.717) is 25.9 Å². The molecule has 3 N–H and O–H groups in total. The van der Waals surface area contributed by atoms with Crippen molar-refractivity contribution >= 4 is 11.9 Å². The van der Waals surface area contributed by atoms with Crippen LogP contribution in [0, 0.1) is 6.92 Å². The predicted molar refractivity (Wildman–Crippen MR) is 95.4 cm³/mol. The van der Waals surface area contributed by atoms with E-state index in [1.807, 2.05) is 0 Å². The van der Waals surface area contributed by atoms with Gasteiger partial charge in [-0.1, -0.05) is 24.3 Å². The van der Waals surface area contributed by atoms with E-state index < -0.39 is 0 Å². The maximum absolute atomic E-state index is 12.0. The molecule has 1 saturated heterocycles. The van der Waals surface area contributed by atoms with Gasteiger partial charge in [0.2, 0.25) is 0 Å². The van der Waals surface area contributed by atoms with Crippen LogP contribution < -0.4 is 15.1 Å². The van der Waals surface area contributed by atoms with Crippen molar-refractivity contribution in [1.29, 1.82) is 0 Å². The first-order valence-electron chi connectivity index (χ1n) is 9.13. The minimum absolute atomic E-state index is 0.0715. The Balaban J connectivity index is 1.62. The Hall–Kier alpha value is -1.92. The number of quaternary nitrogens is 2. The smallest absolute Gasteiger partial charge is 0.305 e. The van der Waals surface area contributed by atoms with Crippen LogP contribution in [0.25, 0.3) is 0 Å². The standard InChI is InChI=1S/C19H29N3O3/c1-16-6-3-4-7-17(16)14-21-10-12-22(13-11-21)15-18(23)20-9-5-8-19(24)25-2/h3-4,6-7H,5,8-15H2,1-2H3,(H,20,23)/p+2. The lowest BCUT2D eigenvalue weighted by atomic mass is 10.1. The Morgan fingerprint density at radius 3 is 2.48 bits per heavy atom. The lowest BCUT2D eigenvalue weighted by Gasteiger charge is -2.29. The molecule has 1 aliphatic rings. The maximum atomic E-state index is 12.0. The monoisotopic (exact) mass is 349 g/mol. The average Bonchev–Trinajstić information content (AvgIpc) is 2.62. The third-order valence-corrected chi connectivity index (χ3v) is 4.88. The first-order chi connectivity index (χ1) is 12.1. The molecule has 1 amide bonds. The van der Waals surface area contributed by atoms with Gasteiger partial charge in [0.15, 0.2) is 6.54 Å². The van der Waals surface area contributed by atoms with Gasteiger partial charge in [0, 0.05) is 18.5 Å². The molecule has 0 spiro atoms. The summed E-state index contributed by atoms with van der Waals surface area (Å²) in [5, 5.41) is 2.89. The Morgan fingerprint density at radius 1 is 1.12 bits per heavy atom. The van der Waals surface area contributed by atoms with Gasteiger partial charge in [-0.05, 0) is 18.9 Å². The second-order valence-corrected chi connectivity index (χ2v) is 6.81. The zero-order valence-corrected chi connectivity index (χ0v) is 15.4. The normalized spacial score (nSPS) is 20.1. The molecule has 6 nitrogen and oxygen atoms in total. The second kappa shape index (κ2) is 10.2. The number of rotatable bonds is 8. The number of hydrogen-bond donors (Lipinski definition) is 3. The van der Waals surface area contributed by atoms with E-state index in [-0.39, 0.29) is 11.9 Å². The fourth-order valence-electron chi connectivity index (χ4n) is 3.24. The van der Waals surface area contributed by atoms with Crippen LogP contribution in [-0.4, -0.2) is 58.3 Å². The number of esters is 1. The van der Waals surface area contributed by atoms with E-state index in [0.717, 1.165) is 32.7 Å². The molecule has 0 atom stereocenters. The maximum Gasteiger partial charge on any atom is 0.305 e. The fraction of sp³-hybridized carbons (Fsp3) is 0.579. The third kappa shape index (κ3) is 6.84. The van der Waals surface area contributed by atoms with Crippen LogP contribution in [0.4, 0.5) is 0 Å². The number of piperazine rings is 1. The van der Waals surface area contributed by atoms with E-state index in [2.05, 4.69) is 41.2 Å². The minimum atomic E-state index is -0.229. The summed E-state index contributed by atoms with van der Waals surface area (Å²) >= 11 is 0. The molecular formula is C19H31N3O3+2. The van der Waals surface area contributed by atoms with Gasteiger partial charge in [-0.15, -0.1) is 0 Å². The first-order valence-corrected chi connectivity index (χ1v) is 9.13. The molecule has 1 fully saturated rings. The number of aryl methyl sites for hydroxylation is 1. The first kappa shape index (κ1) is 19.4. The zero-order valence-electron chi connectivity index (χ0n) is 15.4. The summed E-state index contributed by atoms with van der Waals surface area (Å²) in [5.41, 5.74) is 2.78. The van der Waals surface area contributed by atoms with E-state index in [4.69, 9.17) is 0 Å². The van der Waals surface area contributed by atoms with Crippen LogP contribution in [0.1, 0.15) is 24.0 Å². The predicted octanol–water partition coefficient (Wildman–Crippen LogP) is -1.65. The minimum Gasteiger partial charge on any atom is -0.469 e. The fourth-order valence-corrected chi connectivity index (χ4v) is 3.24. The van der Waals surface area contributed by atoms with Crippen molar-refractivity contribution in [3.8, 4) is 0 Å². The average molecular weight is 349 g/mol. The molecule has 0 bridgehead atoms. The van der Waals surface area contributed by atoms with E-state index in [1.54, 1.807) is 4.90 Å². The van der Waals surface area contributed by atoms with E-state index in [9.17, 15) is 9.59 Å². The molecule has 0 aromatic heterocycles. The molecule has 2 rings (SSSR count). The largest absolute Gasteiger partial charge is 0.469 e. The van der Waals surface area contributed by atoms with Crippen LogP contribution in [0.3, 0.4) is 0 Å². The van der Waals surface area contributed by atoms with Crippen LogP contribution in [0.5, 0.6) is 0 Å². The van der Waals surface area contributed by atoms with Crippen LogP contribution in [0.2, 0.25) is 0 Å². The Kier molecular flexibility index (Phi) is 7.88. The molecule has 0 saturated carbocycles. The summed E-state index contributed by atoms with van der Waals surface area (Å²) in [4.78, 5) is 25.9. The van der Waals surface area contributed by atoms with E-state index in [1.165, 1.54) is 23.1 Å². The van der Waals surface area contributed by atoms with Crippen molar-refractivity contribution < 1.29 is 24.1 Å². The summed E-state index contributed by atoms with van der Waals surface area (Å²) in [6, 6.07) is 8.57. The van der Waals surface area contributed by atoms with Gasteiger partial charge in [-0.2, -0.15) is 0 Å². The number of benzene rings is 1. The number of methoxy groups -OCH3 is 1. The Morgan fingerprint density at radius 2 is 1.80 bits per heavy atom. The number of carbonyl (C=O) groups is 2. The van der Waals surface area contributed by atoms with Crippen molar-refractivity contribution in [2.45, 2.75) is 26.3 Å². The van der Waals surface area contributed by atoms with Gasteiger partial charge < -0.3 is 19.9 Å². The highest BCUT2D eigenvalue weighted by Gasteiger charge is 2.24. The van der Waals surface area contributed by atoms with Gasteiger partial charge >= 0.3 is 5.97 Å². The highest BCUT2D eigenvalue weighted by Crippen LogP contribution is 2.04. The van der Waals surface area contributed by atoms with E-state index >= 15 is 0 Å². The molecular weight excluding hydrogens is 318 g/mol. The molecule has 1 aromatic carbocycles. The highest BCUT2D eigenvalue weighted by atomic mass is 16.5. The molecule has 6 heteroatoms. The number of hydrogen-bond acceptors (Lipinski definition) is 3. The quantitative estimate of drug-likeness (QED) is 0.389. The second-order valence-electron chi connectivity index (χ2n) is 6.81. The topological polar surface area (TPSA) is 64.3 Å². The molecule has 1 heterocycles. The zero-order chi connectivity index (χ0) is 18.1. The number of amides is 1. The molecule has 1 aliphatic heterocycles. The van der Waals surface area contributed by atoms with Crippen molar-refractivity contribution in [3.63, 3.8) is 0 Å². The van der Waals surface area contributed by atoms with Gasteiger partial charge in [0.1, 0.15) is 32.7 Å². The molecule has 0 radical (unpaired) electrons. The Labute approximate surface area is 150 Å². The number of nitrogens with one attached hydrogen (secondary N) is 3. The summed E-state index contributed by atoms with van der Waals surface area (Å²) < 4.78 is 4.58. The highest BCUT2D eigenvalue weighted by molar-refractivity contribution is 5.76. The van der Waals surface area contributed by atoms with Crippen molar-refractivity contribution in [2.75, 3.05) is 46.4 Å². The van der Waals surface area contributed by atoms with Gasteiger partial charge in [-0.25, -0.2) is 0 Å². The summed E-state index contributed by atoms with van der Waals surface area (Å²) in [6.07, 6.45) is 0.979. The lowest BCUT2D eigenvalue weighted by Crippen LogP contribution is -3.28. The van der Waals surface area contributed by atoms with Gasteiger partial charge in [0.25, 0.3) is 5.91 Å². The molecule has 0 unspecified atom stereocenters. The number of carbonyl (C=O) groups excluding carboxylic acids is 2. The summed E-state index contributed by atoms with van der Waals surface area (Å²) in [7, 11) is 1.38.